The molecular weight excluding hydrogens is 398 g/mol. The molecule has 1 atom stereocenters. The summed E-state index contributed by atoms with van der Waals surface area (Å²) in [5.41, 5.74) is 2.99. The van der Waals surface area contributed by atoms with Crippen molar-refractivity contribution in [2.45, 2.75) is 12.5 Å². The number of thioether (sulfide) groups is 1. The van der Waals surface area contributed by atoms with E-state index in [1.54, 1.807) is 30.4 Å². The summed E-state index contributed by atoms with van der Waals surface area (Å²) in [7, 11) is 0. The number of carbonyl (C=O) groups excluding carboxylic acids is 1. The van der Waals surface area contributed by atoms with Gasteiger partial charge in [-0.25, -0.2) is 9.78 Å². The molecule has 0 aliphatic heterocycles. The largest absolute Gasteiger partial charge is 0.480 e. The number of hydrogen-bond donors (Lipinski definition) is 2. The number of rotatable bonds is 9. The zero-order valence-corrected chi connectivity index (χ0v) is 17.4. The van der Waals surface area contributed by atoms with Gasteiger partial charge in [-0.05, 0) is 53.3 Å². The summed E-state index contributed by atoms with van der Waals surface area (Å²) in [5, 5.41) is 12.1. The topological polar surface area (TPSA) is 84.2 Å². The molecule has 0 radical (unpaired) electrons. The van der Waals surface area contributed by atoms with Gasteiger partial charge in [0.2, 0.25) is 0 Å². The fourth-order valence-corrected chi connectivity index (χ4v) is 3.45. The minimum atomic E-state index is -1.03. The molecule has 3 rings (SSSR count). The summed E-state index contributed by atoms with van der Waals surface area (Å²) in [5.74, 6) is -0.771. The smallest absolute Gasteiger partial charge is 0.326 e. The second-order valence-corrected chi connectivity index (χ2v) is 7.63. The number of carboxylic acids is 1. The first-order chi connectivity index (χ1) is 14.6. The van der Waals surface area contributed by atoms with Gasteiger partial charge in [0.25, 0.3) is 5.91 Å². The molecular formula is C23H23N3O3S. The van der Waals surface area contributed by atoms with E-state index in [1.807, 2.05) is 71.8 Å². The molecule has 6 nitrogen and oxygen atoms in total. The Balaban J connectivity index is 1.92. The lowest BCUT2D eigenvalue weighted by atomic mass is 9.96. The highest BCUT2D eigenvalue weighted by Crippen LogP contribution is 2.26. The number of amides is 1. The molecule has 0 aliphatic rings. The van der Waals surface area contributed by atoms with Crippen LogP contribution in [-0.4, -0.2) is 44.6 Å². The van der Waals surface area contributed by atoms with Gasteiger partial charge in [0, 0.05) is 24.2 Å². The van der Waals surface area contributed by atoms with Gasteiger partial charge in [-0.1, -0.05) is 36.4 Å². The van der Waals surface area contributed by atoms with Crippen molar-refractivity contribution in [3.63, 3.8) is 0 Å². The molecule has 30 heavy (non-hydrogen) atoms. The molecule has 0 fully saturated rings. The van der Waals surface area contributed by atoms with Crippen LogP contribution < -0.4 is 5.32 Å². The van der Waals surface area contributed by atoms with Gasteiger partial charge < -0.3 is 15.0 Å². The van der Waals surface area contributed by atoms with E-state index in [9.17, 15) is 14.7 Å². The number of aliphatic carboxylic acids is 1. The van der Waals surface area contributed by atoms with Gasteiger partial charge in [-0.15, -0.1) is 0 Å². The van der Waals surface area contributed by atoms with E-state index in [1.165, 1.54) is 0 Å². The van der Waals surface area contributed by atoms with E-state index in [4.69, 9.17) is 0 Å². The van der Waals surface area contributed by atoms with Gasteiger partial charge in [0.05, 0.1) is 6.33 Å². The van der Waals surface area contributed by atoms with Crippen molar-refractivity contribution < 1.29 is 14.7 Å². The summed E-state index contributed by atoms with van der Waals surface area (Å²) in [6.07, 6.45) is 11.3. The fraction of sp³-hybridized carbons (Fsp3) is 0.174. The number of nitrogens with one attached hydrogen (secondary N) is 1. The molecule has 1 heterocycles. The Morgan fingerprint density at radius 1 is 1.23 bits per heavy atom. The SMILES string of the molecule is CSCCC(NC(=O)c1ccc(/C=C/n2ccnc2)cc1-c1ccccc1)C(=O)O. The van der Waals surface area contributed by atoms with Gasteiger partial charge in [0.1, 0.15) is 6.04 Å². The Bertz CT molecular complexity index is 1020. The first kappa shape index (κ1) is 21.4. The van der Waals surface area contributed by atoms with Crippen molar-refractivity contribution in [3.8, 4) is 11.1 Å². The van der Waals surface area contributed by atoms with Crippen molar-refractivity contribution in [2.24, 2.45) is 0 Å². The summed E-state index contributed by atoms with van der Waals surface area (Å²) in [6.45, 7) is 0. The second-order valence-electron chi connectivity index (χ2n) is 6.64. The molecule has 7 heteroatoms. The van der Waals surface area contributed by atoms with Crippen LogP contribution in [0.2, 0.25) is 0 Å². The van der Waals surface area contributed by atoms with Crippen LogP contribution in [0.15, 0.2) is 67.3 Å². The summed E-state index contributed by atoms with van der Waals surface area (Å²) < 4.78 is 1.83. The third-order valence-electron chi connectivity index (χ3n) is 4.55. The first-order valence-electron chi connectivity index (χ1n) is 9.46. The highest BCUT2D eigenvalue weighted by atomic mass is 32.2. The second kappa shape index (κ2) is 10.5. The normalized spacial score (nSPS) is 12.0. The molecule has 2 aromatic carbocycles. The lowest BCUT2D eigenvalue weighted by Gasteiger charge is -2.16. The Morgan fingerprint density at radius 3 is 2.70 bits per heavy atom. The van der Waals surface area contributed by atoms with Crippen LogP contribution in [0.4, 0.5) is 0 Å². The Morgan fingerprint density at radius 2 is 2.03 bits per heavy atom. The molecule has 1 amide bonds. The molecule has 0 spiro atoms. The van der Waals surface area contributed by atoms with E-state index >= 15 is 0 Å². The van der Waals surface area contributed by atoms with Crippen molar-refractivity contribution in [1.82, 2.24) is 14.9 Å². The molecule has 1 aromatic heterocycles. The molecule has 2 N–H and O–H groups in total. The van der Waals surface area contributed by atoms with Crippen molar-refractivity contribution in [3.05, 3.63) is 78.4 Å². The van der Waals surface area contributed by atoms with Crippen LogP contribution in [0.5, 0.6) is 0 Å². The number of benzene rings is 2. The van der Waals surface area contributed by atoms with Gasteiger partial charge in [-0.3, -0.25) is 4.79 Å². The fourth-order valence-electron chi connectivity index (χ4n) is 2.98. The van der Waals surface area contributed by atoms with Crippen molar-refractivity contribution >= 4 is 35.9 Å². The number of imidazole rings is 1. The number of nitrogens with zero attached hydrogens (tertiary/aromatic N) is 2. The summed E-state index contributed by atoms with van der Waals surface area (Å²) in [6, 6.07) is 14.2. The van der Waals surface area contributed by atoms with Crippen LogP contribution in [0.1, 0.15) is 22.3 Å². The highest BCUT2D eigenvalue weighted by Gasteiger charge is 2.22. The maximum Gasteiger partial charge on any atom is 0.326 e. The Hall–Kier alpha value is -3.32. The molecule has 154 valence electrons. The van der Waals surface area contributed by atoms with Gasteiger partial charge in [-0.2, -0.15) is 11.8 Å². The van der Waals surface area contributed by atoms with Crippen LogP contribution in [-0.2, 0) is 4.79 Å². The average Bonchev–Trinajstić information content (AvgIpc) is 3.29. The molecule has 0 saturated carbocycles. The standard InChI is InChI=1S/C23H23N3O3S/c1-30-14-10-21(23(28)29)25-22(27)19-8-7-17(9-12-26-13-11-24-16-26)15-20(19)18-5-3-2-4-6-18/h2-9,11-13,15-16,21H,10,14H2,1H3,(H,25,27)(H,28,29)/b12-9+. The zero-order valence-electron chi connectivity index (χ0n) is 16.6. The Labute approximate surface area is 179 Å². The van der Waals surface area contributed by atoms with Crippen LogP contribution >= 0.6 is 11.8 Å². The van der Waals surface area contributed by atoms with Gasteiger partial charge in [0.15, 0.2) is 0 Å². The molecule has 1 unspecified atom stereocenters. The third kappa shape index (κ3) is 5.61. The summed E-state index contributed by atoms with van der Waals surface area (Å²) in [4.78, 5) is 28.5. The number of aromatic nitrogens is 2. The van der Waals surface area contributed by atoms with Crippen LogP contribution in [0, 0.1) is 0 Å². The van der Waals surface area contributed by atoms with Gasteiger partial charge >= 0.3 is 5.97 Å². The average molecular weight is 422 g/mol. The molecule has 0 aliphatic carbocycles. The van der Waals surface area contributed by atoms with Crippen molar-refractivity contribution in [2.75, 3.05) is 12.0 Å². The quantitative estimate of drug-likeness (QED) is 0.543. The van der Waals surface area contributed by atoms with Crippen LogP contribution in [0.3, 0.4) is 0 Å². The number of carbonyl (C=O) groups is 2. The minimum absolute atomic E-state index is 0.370. The maximum absolute atomic E-state index is 13.0. The van der Waals surface area contributed by atoms with E-state index in [0.717, 1.165) is 16.7 Å². The Kier molecular flexibility index (Phi) is 7.45. The predicted octanol–water partition coefficient (Wildman–Crippen LogP) is 4.11. The minimum Gasteiger partial charge on any atom is -0.480 e. The summed E-state index contributed by atoms with van der Waals surface area (Å²) >= 11 is 1.55. The molecule has 0 saturated heterocycles. The molecule has 0 bridgehead atoms. The van der Waals surface area contributed by atoms with E-state index < -0.39 is 17.9 Å². The number of hydrogen-bond acceptors (Lipinski definition) is 4. The predicted molar refractivity (Wildman–Crippen MR) is 121 cm³/mol. The van der Waals surface area contributed by atoms with E-state index in [0.29, 0.717) is 17.7 Å². The van der Waals surface area contributed by atoms with E-state index in [-0.39, 0.29) is 0 Å². The van der Waals surface area contributed by atoms with Crippen LogP contribution in [0.25, 0.3) is 23.4 Å². The monoisotopic (exact) mass is 421 g/mol. The van der Waals surface area contributed by atoms with E-state index in [2.05, 4.69) is 10.3 Å². The lowest BCUT2D eigenvalue weighted by Crippen LogP contribution is -2.41. The maximum atomic E-state index is 13.0. The molecule has 3 aromatic rings. The first-order valence-corrected chi connectivity index (χ1v) is 10.9. The van der Waals surface area contributed by atoms with Crippen molar-refractivity contribution in [1.29, 1.82) is 0 Å². The zero-order chi connectivity index (χ0) is 21.3. The number of carboxylic acid groups (broad SMARTS) is 1. The third-order valence-corrected chi connectivity index (χ3v) is 5.20. The highest BCUT2D eigenvalue weighted by molar-refractivity contribution is 7.98. The lowest BCUT2D eigenvalue weighted by molar-refractivity contribution is -0.139.